The molecule has 0 aromatic rings. The molecule has 80 valence electrons. The molecule has 0 aromatic heterocycles. The summed E-state index contributed by atoms with van der Waals surface area (Å²) < 4.78 is 0. The van der Waals surface area contributed by atoms with E-state index in [0.29, 0.717) is 6.42 Å². The first-order chi connectivity index (χ1) is 4.59. The second kappa shape index (κ2) is 6.14. The standard InChI is InChI=1S/C6H8O4.2CH3.Pt/c7-4(8)6(5(9)10)2-1-3-6;;;/h1-3H2,(H,7,8)(H,9,10);2*1H3;/q;2*-1;+2. The van der Waals surface area contributed by atoms with E-state index in [-0.39, 0.29) is 48.8 Å². The summed E-state index contributed by atoms with van der Waals surface area (Å²) in [6.45, 7) is 0. The number of carboxylic acid groups (broad SMARTS) is 2. The minimum absolute atomic E-state index is 0. The molecule has 0 aliphatic heterocycles. The Labute approximate surface area is 92.6 Å². The molecule has 1 aliphatic carbocycles. The Hall–Kier alpha value is -0.372. The molecule has 0 saturated heterocycles. The molecule has 13 heavy (non-hydrogen) atoms. The van der Waals surface area contributed by atoms with Crippen molar-refractivity contribution in [3.8, 4) is 0 Å². The van der Waals surface area contributed by atoms with Crippen LogP contribution >= 0.6 is 0 Å². The monoisotopic (exact) mass is 369 g/mol. The van der Waals surface area contributed by atoms with Gasteiger partial charge in [-0.05, 0) is 19.3 Å². The summed E-state index contributed by atoms with van der Waals surface area (Å²) in [6.07, 6.45) is 1.26. The van der Waals surface area contributed by atoms with Gasteiger partial charge in [-0.15, -0.1) is 0 Å². The minimum Gasteiger partial charge on any atom is -0.480 e. The van der Waals surface area contributed by atoms with Gasteiger partial charge < -0.3 is 25.1 Å². The maximum atomic E-state index is 10.4. The van der Waals surface area contributed by atoms with Crippen molar-refractivity contribution in [3.63, 3.8) is 0 Å². The largest absolute Gasteiger partial charge is 2.00 e. The Morgan fingerprint density at radius 2 is 1.31 bits per heavy atom. The van der Waals surface area contributed by atoms with Crippen molar-refractivity contribution in [2.24, 2.45) is 5.41 Å². The predicted molar refractivity (Wildman–Crippen MR) is 44.4 cm³/mol. The summed E-state index contributed by atoms with van der Waals surface area (Å²) in [7, 11) is 0. The molecule has 0 unspecified atom stereocenters. The molecular formula is C8H14O4Pt. The SMILES string of the molecule is O=C(O)C1(C(=O)O)CCC1.[CH3-].[CH3-].[Pt+2]. The van der Waals surface area contributed by atoms with Gasteiger partial charge in [0.2, 0.25) is 0 Å². The van der Waals surface area contributed by atoms with Gasteiger partial charge in [-0.2, -0.15) is 0 Å². The van der Waals surface area contributed by atoms with Gasteiger partial charge in [-0.1, -0.05) is 0 Å². The molecule has 0 radical (unpaired) electrons. The summed E-state index contributed by atoms with van der Waals surface area (Å²) >= 11 is 0. The van der Waals surface area contributed by atoms with Crippen molar-refractivity contribution in [2.75, 3.05) is 0 Å². The van der Waals surface area contributed by atoms with Crippen LogP contribution in [0.25, 0.3) is 0 Å². The number of hydrogen-bond acceptors (Lipinski definition) is 2. The van der Waals surface area contributed by atoms with Crippen LogP contribution < -0.4 is 0 Å². The van der Waals surface area contributed by atoms with Gasteiger partial charge in [0.1, 0.15) is 0 Å². The third kappa shape index (κ3) is 2.80. The smallest absolute Gasteiger partial charge is 0.480 e. The van der Waals surface area contributed by atoms with E-state index in [2.05, 4.69) is 0 Å². The molecule has 0 heterocycles. The quantitative estimate of drug-likeness (QED) is 0.567. The van der Waals surface area contributed by atoms with E-state index < -0.39 is 17.4 Å². The topological polar surface area (TPSA) is 74.6 Å². The number of hydrogen-bond donors (Lipinski definition) is 2. The average Bonchev–Trinajstić information content (AvgIpc) is 1.57. The van der Waals surface area contributed by atoms with Gasteiger partial charge in [0.15, 0.2) is 5.41 Å². The Morgan fingerprint density at radius 1 is 1.00 bits per heavy atom. The summed E-state index contributed by atoms with van der Waals surface area (Å²) in [6, 6.07) is 0. The Bertz CT molecular complexity index is 171. The first kappa shape index (κ1) is 18.4. The number of carboxylic acids is 2. The van der Waals surface area contributed by atoms with Crippen LogP contribution in [0.2, 0.25) is 0 Å². The second-order valence-corrected chi connectivity index (χ2v) is 2.55. The van der Waals surface area contributed by atoms with E-state index in [1.807, 2.05) is 0 Å². The molecule has 0 bridgehead atoms. The molecule has 0 atom stereocenters. The zero-order chi connectivity index (χ0) is 7.78. The number of rotatable bonds is 2. The zero-order valence-electron chi connectivity index (χ0n) is 7.65. The molecule has 5 heteroatoms. The summed E-state index contributed by atoms with van der Waals surface area (Å²) in [5.41, 5.74) is -1.44. The maximum absolute atomic E-state index is 10.4. The van der Waals surface area contributed by atoms with Crippen LogP contribution in [0.15, 0.2) is 0 Å². The summed E-state index contributed by atoms with van der Waals surface area (Å²) in [4.78, 5) is 20.7. The fraction of sp³-hybridized carbons (Fsp3) is 0.500. The first-order valence-corrected chi connectivity index (χ1v) is 3.06. The van der Waals surface area contributed by atoms with Crippen LogP contribution in [0, 0.1) is 20.3 Å². The van der Waals surface area contributed by atoms with E-state index in [0.717, 1.165) is 0 Å². The van der Waals surface area contributed by atoms with Crippen LogP contribution in [0.3, 0.4) is 0 Å². The van der Waals surface area contributed by atoms with E-state index in [1.165, 1.54) is 0 Å². The van der Waals surface area contributed by atoms with E-state index >= 15 is 0 Å². The molecule has 1 saturated carbocycles. The molecule has 4 nitrogen and oxygen atoms in total. The van der Waals surface area contributed by atoms with Gasteiger partial charge in [0.05, 0.1) is 0 Å². The minimum atomic E-state index is -1.44. The first-order valence-electron chi connectivity index (χ1n) is 3.06. The Balaban J connectivity index is -0.000000333. The molecular weight excluding hydrogens is 355 g/mol. The van der Waals surface area contributed by atoms with Crippen LogP contribution in [-0.2, 0) is 30.7 Å². The second-order valence-electron chi connectivity index (χ2n) is 2.55. The van der Waals surface area contributed by atoms with Crippen molar-refractivity contribution in [1.82, 2.24) is 0 Å². The van der Waals surface area contributed by atoms with Crippen LogP contribution in [0.1, 0.15) is 19.3 Å². The normalized spacial score (nSPS) is 16.3. The molecule has 2 N–H and O–H groups in total. The average molecular weight is 369 g/mol. The van der Waals surface area contributed by atoms with Gasteiger partial charge in [-0.3, -0.25) is 9.59 Å². The van der Waals surface area contributed by atoms with Gasteiger partial charge in [-0.25, -0.2) is 0 Å². The Kier molecular flexibility index (Phi) is 8.70. The fourth-order valence-corrected chi connectivity index (χ4v) is 1.05. The predicted octanol–water partition coefficient (Wildman–Crippen LogP) is 1.22. The van der Waals surface area contributed by atoms with Crippen molar-refractivity contribution in [1.29, 1.82) is 0 Å². The molecule has 1 rings (SSSR count). The Morgan fingerprint density at radius 3 is 1.31 bits per heavy atom. The maximum Gasteiger partial charge on any atom is 2.00 e. The van der Waals surface area contributed by atoms with Gasteiger partial charge >= 0.3 is 33.0 Å². The number of aliphatic carboxylic acids is 2. The molecule has 0 aromatic carbocycles. The fourth-order valence-electron chi connectivity index (χ4n) is 1.05. The van der Waals surface area contributed by atoms with Crippen LogP contribution in [0.4, 0.5) is 0 Å². The summed E-state index contributed by atoms with van der Waals surface area (Å²) in [5, 5.41) is 16.9. The van der Waals surface area contributed by atoms with Crippen LogP contribution in [-0.4, -0.2) is 22.2 Å². The molecule has 1 fully saturated rings. The van der Waals surface area contributed by atoms with Gasteiger partial charge in [0.25, 0.3) is 0 Å². The molecule has 0 amide bonds. The van der Waals surface area contributed by atoms with E-state index in [9.17, 15) is 9.59 Å². The zero-order valence-corrected chi connectivity index (χ0v) is 9.92. The summed E-state index contributed by atoms with van der Waals surface area (Å²) in [5.74, 6) is -2.41. The van der Waals surface area contributed by atoms with E-state index in [4.69, 9.17) is 10.2 Å². The van der Waals surface area contributed by atoms with Crippen molar-refractivity contribution in [2.45, 2.75) is 19.3 Å². The van der Waals surface area contributed by atoms with Crippen molar-refractivity contribution in [3.05, 3.63) is 14.9 Å². The molecule has 0 spiro atoms. The van der Waals surface area contributed by atoms with Gasteiger partial charge in [0, 0.05) is 0 Å². The van der Waals surface area contributed by atoms with Crippen molar-refractivity contribution >= 4 is 11.9 Å². The van der Waals surface area contributed by atoms with Crippen LogP contribution in [0.5, 0.6) is 0 Å². The van der Waals surface area contributed by atoms with Crippen molar-refractivity contribution < 1.29 is 40.9 Å². The van der Waals surface area contributed by atoms with E-state index in [1.54, 1.807) is 0 Å². The number of carbonyl (C=O) groups is 2. The third-order valence-electron chi connectivity index (χ3n) is 2.03. The third-order valence-corrected chi connectivity index (χ3v) is 2.03. The molecule has 1 aliphatic rings.